The van der Waals surface area contributed by atoms with Gasteiger partial charge in [-0.15, -0.1) is 0 Å². The van der Waals surface area contributed by atoms with Gasteiger partial charge in [-0.25, -0.2) is 0 Å². The van der Waals surface area contributed by atoms with Crippen LogP contribution in [0.3, 0.4) is 0 Å². The number of rotatable bonds is 45. The first-order valence-electron chi connectivity index (χ1n) is 23.5. The van der Waals surface area contributed by atoms with Crippen LogP contribution >= 0.6 is 0 Å². The molecule has 0 fully saturated rings. The Bertz CT molecular complexity index is 991. The summed E-state index contributed by atoms with van der Waals surface area (Å²) >= 11 is 0. The molecule has 0 saturated carbocycles. The van der Waals surface area contributed by atoms with Gasteiger partial charge in [0.2, 0.25) is 0 Å². The third-order valence-corrected chi connectivity index (χ3v) is 9.95. The maximum Gasteiger partial charge on any atom is 0.308 e. The molecule has 0 aromatic heterocycles. The van der Waals surface area contributed by atoms with Crippen molar-refractivity contribution in [3.63, 3.8) is 0 Å². The summed E-state index contributed by atoms with van der Waals surface area (Å²) in [4.78, 5) is 40.1. The number of hydrogen-bond acceptors (Lipinski definition) is 9. The Kier molecular flexibility index (Phi) is 44.5. The molecule has 336 valence electrons. The Hall–Kier alpha value is -2.88. The van der Waals surface area contributed by atoms with Gasteiger partial charge in [0.15, 0.2) is 0 Å². The zero-order valence-corrected chi connectivity index (χ0v) is 37.2. The van der Waals surface area contributed by atoms with Crippen LogP contribution in [0.5, 0.6) is 0 Å². The fourth-order valence-corrected chi connectivity index (χ4v) is 6.30. The van der Waals surface area contributed by atoms with Crippen LogP contribution in [-0.4, -0.2) is 70.7 Å². The monoisotopic (exact) mass is 820 g/mol. The van der Waals surface area contributed by atoms with E-state index >= 15 is 0 Å². The van der Waals surface area contributed by atoms with E-state index in [9.17, 15) is 14.4 Å². The quantitative estimate of drug-likeness (QED) is 0.0112. The third kappa shape index (κ3) is 44.2. The predicted octanol–water partition coefficient (Wildman–Crippen LogP) is 13.0. The first kappa shape index (κ1) is 55.1. The number of azide groups is 1. The molecule has 0 aliphatic heterocycles. The summed E-state index contributed by atoms with van der Waals surface area (Å²) in [6.07, 6.45) is 41.0. The molecular formula is C47H85N3O8. The zero-order valence-electron chi connectivity index (χ0n) is 37.2. The number of nitrogens with zero attached hydrogens (tertiary/aromatic N) is 3. The molecule has 58 heavy (non-hydrogen) atoms. The number of hydrogen-bond donors (Lipinski definition) is 0. The van der Waals surface area contributed by atoms with E-state index in [2.05, 4.69) is 48.2 Å². The van der Waals surface area contributed by atoms with E-state index in [1.165, 1.54) is 103 Å². The third-order valence-electron chi connectivity index (χ3n) is 9.95. The summed E-state index contributed by atoms with van der Waals surface area (Å²) in [5.74, 6) is -1.48. The van der Waals surface area contributed by atoms with Crippen LogP contribution in [-0.2, 0) is 38.1 Å². The van der Waals surface area contributed by atoms with Gasteiger partial charge >= 0.3 is 17.9 Å². The van der Waals surface area contributed by atoms with Crippen LogP contribution in [0.4, 0.5) is 0 Å². The minimum Gasteiger partial charge on any atom is -0.465 e. The molecule has 0 aliphatic carbocycles. The van der Waals surface area contributed by atoms with Crippen LogP contribution in [0.2, 0.25) is 0 Å². The lowest BCUT2D eigenvalue weighted by Crippen LogP contribution is -2.26. The molecule has 0 spiro atoms. The highest BCUT2D eigenvalue weighted by molar-refractivity contribution is 5.70. The Morgan fingerprint density at radius 3 is 1.21 bits per heavy atom. The normalized spacial score (nSPS) is 11.4. The molecule has 0 amide bonds. The lowest BCUT2D eigenvalue weighted by atomic mass is 10.1. The summed E-state index contributed by atoms with van der Waals surface area (Å²) in [6, 6.07) is 0. The summed E-state index contributed by atoms with van der Waals surface area (Å²) < 4.78 is 27.2. The number of esters is 3. The van der Waals surface area contributed by atoms with Crippen LogP contribution in [0.1, 0.15) is 200 Å². The van der Waals surface area contributed by atoms with Crippen LogP contribution in [0, 0.1) is 5.92 Å². The first-order valence-corrected chi connectivity index (χ1v) is 23.5. The molecule has 0 N–H and O–H groups in total. The molecule has 0 aromatic carbocycles. The molecule has 0 unspecified atom stereocenters. The van der Waals surface area contributed by atoms with Gasteiger partial charge < -0.3 is 23.7 Å². The van der Waals surface area contributed by atoms with Crippen molar-refractivity contribution in [2.45, 2.75) is 200 Å². The van der Waals surface area contributed by atoms with Crippen molar-refractivity contribution < 1.29 is 38.1 Å². The van der Waals surface area contributed by atoms with E-state index in [0.717, 1.165) is 64.2 Å². The second-order valence-corrected chi connectivity index (χ2v) is 15.5. The van der Waals surface area contributed by atoms with Gasteiger partial charge in [-0.1, -0.05) is 146 Å². The number of carbonyl (C=O) groups excluding carboxylic acids is 3. The van der Waals surface area contributed by atoms with Gasteiger partial charge in [0, 0.05) is 24.3 Å². The number of unbranched alkanes of at least 4 members (excludes halogenated alkanes) is 22. The van der Waals surface area contributed by atoms with Crippen LogP contribution in [0.25, 0.3) is 10.4 Å². The van der Waals surface area contributed by atoms with Crippen molar-refractivity contribution in [2.24, 2.45) is 11.0 Å². The van der Waals surface area contributed by atoms with E-state index in [-0.39, 0.29) is 51.3 Å². The molecule has 0 aromatic rings. The maximum absolute atomic E-state index is 12.5. The van der Waals surface area contributed by atoms with Crippen LogP contribution < -0.4 is 0 Å². The Morgan fingerprint density at radius 1 is 0.466 bits per heavy atom. The maximum atomic E-state index is 12.5. The molecule has 0 rings (SSSR count). The van der Waals surface area contributed by atoms with E-state index in [1.54, 1.807) is 0 Å². The second-order valence-electron chi connectivity index (χ2n) is 15.5. The van der Waals surface area contributed by atoms with Gasteiger partial charge in [0.05, 0.1) is 38.8 Å². The van der Waals surface area contributed by atoms with Crippen molar-refractivity contribution in [3.05, 3.63) is 34.7 Å². The number of ether oxygens (including phenoxy) is 5. The first-order chi connectivity index (χ1) is 28.5. The van der Waals surface area contributed by atoms with Gasteiger partial charge in [-0.05, 0) is 69.7 Å². The molecule has 0 radical (unpaired) electrons. The smallest absolute Gasteiger partial charge is 0.308 e. The highest BCUT2D eigenvalue weighted by Crippen LogP contribution is 2.13. The minimum absolute atomic E-state index is 0.0154. The molecule has 0 heterocycles. The lowest BCUT2D eigenvalue weighted by molar-refractivity contribution is -0.154. The molecular weight excluding hydrogens is 735 g/mol. The minimum atomic E-state index is -0.453. The molecule has 0 atom stereocenters. The Labute approximate surface area is 353 Å². The topological polar surface area (TPSA) is 146 Å². The molecule has 0 bridgehead atoms. The van der Waals surface area contributed by atoms with E-state index < -0.39 is 11.9 Å². The zero-order chi connectivity index (χ0) is 42.3. The Morgan fingerprint density at radius 2 is 0.810 bits per heavy atom. The molecule has 11 nitrogen and oxygen atoms in total. The van der Waals surface area contributed by atoms with Crippen molar-refractivity contribution in [1.29, 1.82) is 0 Å². The molecule has 11 heteroatoms. The summed E-state index contributed by atoms with van der Waals surface area (Å²) in [7, 11) is 0. The molecule has 0 saturated heterocycles. The van der Waals surface area contributed by atoms with Gasteiger partial charge in [-0.2, -0.15) is 0 Å². The number of allylic oxidation sites excluding steroid dienone is 4. The van der Waals surface area contributed by atoms with Crippen molar-refractivity contribution >= 4 is 17.9 Å². The number of carbonyl (C=O) groups is 3. The average Bonchev–Trinajstić information content (AvgIpc) is 3.22. The largest absolute Gasteiger partial charge is 0.465 e. The van der Waals surface area contributed by atoms with E-state index in [0.29, 0.717) is 32.7 Å². The predicted molar refractivity (Wildman–Crippen MR) is 236 cm³/mol. The van der Waals surface area contributed by atoms with Crippen molar-refractivity contribution in [3.8, 4) is 0 Å². The average molecular weight is 820 g/mol. The fraction of sp³-hybridized carbons (Fsp3) is 0.851. The lowest BCUT2D eigenvalue weighted by Gasteiger charge is -2.17. The Balaban J connectivity index is 4.33. The summed E-state index contributed by atoms with van der Waals surface area (Å²) in [5.41, 5.74) is 8.27. The van der Waals surface area contributed by atoms with E-state index in [1.807, 2.05) is 0 Å². The van der Waals surface area contributed by atoms with Crippen molar-refractivity contribution in [2.75, 3.05) is 52.8 Å². The van der Waals surface area contributed by atoms with Gasteiger partial charge in [0.25, 0.3) is 0 Å². The summed E-state index contributed by atoms with van der Waals surface area (Å²) in [6.45, 7) is 5.86. The fourth-order valence-electron chi connectivity index (χ4n) is 6.30. The summed E-state index contributed by atoms with van der Waals surface area (Å²) in [5, 5.41) is 3.39. The highest BCUT2D eigenvalue weighted by Gasteiger charge is 2.18. The van der Waals surface area contributed by atoms with Gasteiger partial charge in [-0.3, -0.25) is 14.4 Å². The second kappa shape index (κ2) is 46.8. The molecule has 0 aliphatic rings. The van der Waals surface area contributed by atoms with Crippen molar-refractivity contribution in [1.82, 2.24) is 0 Å². The van der Waals surface area contributed by atoms with E-state index in [4.69, 9.17) is 29.2 Å². The van der Waals surface area contributed by atoms with Crippen LogP contribution in [0.15, 0.2) is 29.4 Å². The SMILES string of the molecule is CCCCCCCC/C=C\CCCCCCCC(=O)OCC(COC(=O)CCCCCCC/C=C\CCCCCCCC)COC(=O)CCOCCOCCN=[N+]=[N-]. The van der Waals surface area contributed by atoms with Gasteiger partial charge in [0.1, 0.15) is 19.8 Å². The standard InChI is InChI=1S/C47H85N3O8/c1-3-5-7-9-11-13-15-17-19-21-23-25-27-29-31-33-45(51)56-41-44(43-58-47(53)35-37-54-39-40-55-38-36-49-50-48)42-57-46(52)34-32-30-28-26-24-22-20-18-16-14-12-10-8-6-4-2/h17-20,44H,3-16,21-43H2,1-2H3/b19-17-,20-18-. The highest BCUT2D eigenvalue weighted by atomic mass is 16.6.